The highest BCUT2D eigenvalue weighted by molar-refractivity contribution is 5.26. The summed E-state index contributed by atoms with van der Waals surface area (Å²) in [6.45, 7) is 5.74. The summed E-state index contributed by atoms with van der Waals surface area (Å²) in [5, 5.41) is 10.2. The highest BCUT2D eigenvalue weighted by Gasteiger charge is 2.81. The summed E-state index contributed by atoms with van der Waals surface area (Å²) in [5.74, 6) is 2.63. The van der Waals surface area contributed by atoms with Gasteiger partial charge in [-0.1, -0.05) is 6.92 Å². The standard InChI is InChI=1S/C21H32O3/c1-18-8-5-14(22)11-13(18)3-4-16-15(18)6-9-20-12-23-19(2)17(20)7-10-21(16,20)24-19/h13-17,22H,3-12H2,1-2H3/t13-,14-,15+,16+,17+,18-,19-,20-,21-/m0/s1. The third kappa shape index (κ3) is 1.39. The highest BCUT2D eigenvalue weighted by atomic mass is 16.7. The van der Waals surface area contributed by atoms with Crippen molar-refractivity contribution < 1.29 is 14.6 Å². The van der Waals surface area contributed by atoms with Crippen LogP contribution in [-0.4, -0.2) is 29.2 Å². The van der Waals surface area contributed by atoms with Crippen LogP contribution < -0.4 is 0 Å². The van der Waals surface area contributed by atoms with E-state index in [1.165, 1.54) is 44.9 Å². The lowest BCUT2D eigenvalue weighted by atomic mass is 9.43. The second-order valence-electron chi connectivity index (χ2n) is 10.5. The summed E-state index contributed by atoms with van der Waals surface area (Å²) in [6, 6.07) is 0. The molecule has 24 heavy (non-hydrogen) atoms. The lowest BCUT2D eigenvalue weighted by Crippen LogP contribution is -2.64. The Balaban J connectivity index is 1.42. The molecule has 6 fully saturated rings. The number of fused-ring (bicyclic) bond motifs is 3. The van der Waals surface area contributed by atoms with Crippen LogP contribution >= 0.6 is 0 Å². The summed E-state index contributed by atoms with van der Waals surface area (Å²) >= 11 is 0. The fourth-order valence-electron chi connectivity index (χ4n) is 9.12. The molecule has 0 radical (unpaired) electrons. The first-order chi connectivity index (χ1) is 11.4. The van der Waals surface area contributed by atoms with Crippen molar-refractivity contribution in [1.29, 1.82) is 0 Å². The van der Waals surface area contributed by atoms with Gasteiger partial charge in [0, 0.05) is 11.3 Å². The molecule has 0 aromatic heterocycles. The number of aliphatic hydroxyl groups is 1. The zero-order valence-electron chi connectivity index (χ0n) is 15.2. The predicted octanol–water partition coefficient (Wildman–Crippen LogP) is 3.89. The maximum atomic E-state index is 10.2. The normalized spacial score (nSPS) is 66.9. The number of aliphatic hydroxyl groups excluding tert-OH is 1. The lowest BCUT2D eigenvalue weighted by molar-refractivity contribution is -0.332. The quantitative estimate of drug-likeness (QED) is 0.731. The SMILES string of the molecule is C[C@@]12OC[C@]34CC[C@@H]5[C@@H](CC[C@H]6C[C@@H](O)CC[C@@]65C)[C@]3(CC[C@H]14)O2. The summed E-state index contributed by atoms with van der Waals surface area (Å²) < 4.78 is 13.1. The van der Waals surface area contributed by atoms with Crippen molar-refractivity contribution in [1.82, 2.24) is 0 Å². The zero-order chi connectivity index (χ0) is 16.4. The molecule has 4 bridgehead atoms. The largest absolute Gasteiger partial charge is 0.393 e. The molecule has 1 N–H and O–H groups in total. The van der Waals surface area contributed by atoms with E-state index in [0.717, 1.165) is 37.2 Å². The highest BCUT2D eigenvalue weighted by Crippen LogP contribution is 2.78. The monoisotopic (exact) mass is 332 g/mol. The van der Waals surface area contributed by atoms with Crippen LogP contribution in [0, 0.1) is 34.5 Å². The molecule has 6 rings (SSSR count). The Kier molecular flexibility index (Phi) is 2.64. The van der Waals surface area contributed by atoms with Crippen molar-refractivity contribution in [3.8, 4) is 0 Å². The van der Waals surface area contributed by atoms with Crippen LogP contribution in [0.1, 0.15) is 71.6 Å². The predicted molar refractivity (Wildman–Crippen MR) is 90.2 cm³/mol. The van der Waals surface area contributed by atoms with E-state index >= 15 is 0 Å². The van der Waals surface area contributed by atoms with Gasteiger partial charge in [0.05, 0.1) is 18.3 Å². The molecular formula is C21H32O3. The van der Waals surface area contributed by atoms with Crippen LogP contribution in [0.3, 0.4) is 0 Å². The van der Waals surface area contributed by atoms with E-state index in [1.54, 1.807) is 0 Å². The Labute approximate surface area is 145 Å². The van der Waals surface area contributed by atoms with Gasteiger partial charge in [0.25, 0.3) is 0 Å². The Morgan fingerprint density at radius 1 is 0.917 bits per heavy atom. The molecule has 1 spiro atoms. The molecule has 3 heteroatoms. The van der Waals surface area contributed by atoms with Gasteiger partial charge in [-0.25, -0.2) is 0 Å². The first kappa shape index (κ1) is 15.0. The van der Waals surface area contributed by atoms with Gasteiger partial charge in [-0.3, -0.25) is 0 Å². The molecule has 3 nitrogen and oxygen atoms in total. The van der Waals surface area contributed by atoms with Crippen LogP contribution in [0.15, 0.2) is 0 Å². The van der Waals surface area contributed by atoms with Gasteiger partial charge in [-0.15, -0.1) is 0 Å². The van der Waals surface area contributed by atoms with E-state index < -0.39 is 0 Å². The molecule has 0 aromatic carbocycles. The number of rotatable bonds is 0. The summed E-state index contributed by atoms with van der Waals surface area (Å²) in [4.78, 5) is 0. The maximum absolute atomic E-state index is 10.2. The van der Waals surface area contributed by atoms with E-state index in [9.17, 15) is 5.11 Å². The van der Waals surface area contributed by atoms with E-state index in [-0.39, 0.29) is 17.5 Å². The number of hydrogen-bond acceptors (Lipinski definition) is 3. The molecular weight excluding hydrogens is 300 g/mol. The van der Waals surface area contributed by atoms with Gasteiger partial charge in [0.2, 0.25) is 0 Å². The Bertz CT molecular complexity index is 592. The summed E-state index contributed by atoms with van der Waals surface area (Å²) in [7, 11) is 0. The van der Waals surface area contributed by atoms with E-state index in [1.807, 2.05) is 0 Å². The van der Waals surface area contributed by atoms with Crippen molar-refractivity contribution in [2.24, 2.45) is 34.5 Å². The molecule has 134 valence electrons. The smallest absolute Gasteiger partial charge is 0.169 e. The van der Waals surface area contributed by atoms with Gasteiger partial charge >= 0.3 is 0 Å². The molecule has 0 unspecified atom stereocenters. The Hall–Kier alpha value is -0.120. The average molecular weight is 332 g/mol. The van der Waals surface area contributed by atoms with Crippen LogP contribution in [0.2, 0.25) is 0 Å². The van der Waals surface area contributed by atoms with E-state index in [4.69, 9.17) is 9.47 Å². The topological polar surface area (TPSA) is 38.7 Å². The lowest BCUT2D eigenvalue weighted by Gasteiger charge is -2.64. The van der Waals surface area contributed by atoms with E-state index in [2.05, 4.69) is 13.8 Å². The van der Waals surface area contributed by atoms with Gasteiger partial charge < -0.3 is 14.6 Å². The molecule has 0 amide bonds. The minimum Gasteiger partial charge on any atom is -0.393 e. The molecule has 9 atom stereocenters. The summed E-state index contributed by atoms with van der Waals surface area (Å²) in [6.07, 6.45) is 11.1. The zero-order valence-corrected chi connectivity index (χ0v) is 15.2. The molecule has 0 aromatic rings. The van der Waals surface area contributed by atoms with Gasteiger partial charge in [-0.05, 0) is 87.9 Å². The minimum absolute atomic E-state index is 0.0466. The fourth-order valence-corrected chi connectivity index (χ4v) is 9.12. The van der Waals surface area contributed by atoms with Gasteiger partial charge in [-0.2, -0.15) is 0 Å². The van der Waals surface area contributed by atoms with Crippen molar-refractivity contribution in [2.75, 3.05) is 6.61 Å². The molecule has 4 aliphatic carbocycles. The Morgan fingerprint density at radius 3 is 2.67 bits per heavy atom. The van der Waals surface area contributed by atoms with Crippen LogP contribution in [0.25, 0.3) is 0 Å². The number of hydrogen-bond donors (Lipinski definition) is 1. The van der Waals surface area contributed by atoms with Crippen molar-refractivity contribution >= 4 is 0 Å². The molecule has 6 aliphatic rings. The number of ether oxygens (including phenoxy) is 2. The third-order valence-corrected chi connectivity index (χ3v) is 10.1. The first-order valence-electron chi connectivity index (χ1n) is 10.5. The van der Waals surface area contributed by atoms with Crippen LogP contribution in [0.4, 0.5) is 0 Å². The van der Waals surface area contributed by atoms with Crippen molar-refractivity contribution in [2.45, 2.75) is 89.1 Å². The molecule has 4 saturated carbocycles. The van der Waals surface area contributed by atoms with Gasteiger partial charge in [0.15, 0.2) is 5.79 Å². The average Bonchev–Trinajstić information content (AvgIpc) is 3.11. The summed E-state index contributed by atoms with van der Waals surface area (Å²) in [5.41, 5.74) is 0.890. The van der Waals surface area contributed by atoms with Crippen LogP contribution in [-0.2, 0) is 9.47 Å². The fraction of sp³-hybridized carbons (Fsp3) is 1.00. The Morgan fingerprint density at radius 2 is 1.79 bits per heavy atom. The molecule has 2 aliphatic heterocycles. The maximum Gasteiger partial charge on any atom is 0.169 e. The third-order valence-electron chi connectivity index (χ3n) is 10.1. The second-order valence-corrected chi connectivity index (χ2v) is 10.5. The van der Waals surface area contributed by atoms with Crippen molar-refractivity contribution in [3.63, 3.8) is 0 Å². The van der Waals surface area contributed by atoms with E-state index in [0.29, 0.717) is 16.7 Å². The molecule has 2 saturated heterocycles. The minimum atomic E-state index is -0.284. The first-order valence-corrected chi connectivity index (χ1v) is 10.5. The van der Waals surface area contributed by atoms with Crippen LogP contribution in [0.5, 0.6) is 0 Å². The second kappa shape index (κ2) is 4.23. The molecule has 2 heterocycles. The van der Waals surface area contributed by atoms with Gasteiger partial charge in [0.1, 0.15) is 0 Å². The van der Waals surface area contributed by atoms with Crippen molar-refractivity contribution in [3.05, 3.63) is 0 Å².